The first-order valence-corrected chi connectivity index (χ1v) is 11.5. The molecule has 0 spiro atoms. The van der Waals surface area contributed by atoms with Crippen LogP contribution in [0.15, 0.2) is 47.6 Å². The van der Waals surface area contributed by atoms with Gasteiger partial charge in [0.15, 0.2) is 0 Å². The summed E-state index contributed by atoms with van der Waals surface area (Å²) in [6.07, 6.45) is 7.57. The van der Waals surface area contributed by atoms with Crippen molar-refractivity contribution in [3.8, 4) is 0 Å². The van der Waals surface area contributed by atoms with Crippen LogP contribution in [-0.2, 0) is 11.2 Å². The van der Waals surface area contributed by atoms with Crippen LogP contribution in [0.1, 0.15) is 56.5 Å². The van der Waals surface area contributed by atoms with E-state index in [0.29, 0.717) is 10.9 Å². The standard InChI is InChI=1S/C23H28N4OS/c1-16(19-12-6-10-18-9-4-5-11-20(18)19)24-22(28)15-29-23-25-21(26-27-23)14-13-17-7-2-3-8-17/h4-6,9-12,16-17H,2-3,7-8,13-15H2,1H3,(H,24,28)(H,25,26,27). The molecular formula is C23H28N4OS. The Morgan fingerprint density at radius 2 is 2.00 bits per heavy atom. The van der Waals surface area contributed by atoms with Gasteiger partial charge in [-0.2, -0.15) is 0 Å². The van der Waals surface area contributed by atoms with Gasteiger partial charge < -0.3 is 5.32 Å². The molecule has 1 saturated carbocycles. The summed E-state index contributed by atoms with van der Waals surface area (Å²) < 4.78 is 0. The average molecular weight is 409 g/mol. The van der Waals surface area contributed by atoms with Gasteiger partial charge in [0.1, 0.15) is 5.82 Å². The summed E-state index contributed by atoms with van der Waals surface area (Å²) in [7, 11) is 0. The van der Waals surface area contributed by atoms with Gasteiger partial charge in [0.25, 0.3) is 0 Å². The van der Waals surface area contributed by atoms with Crippen LogP contribution >= 0.6 is 11.8 Å². The molecule has 152 valence electrons. The number of aryl methyl sites for hydroxylation is 1. The van der Waals surface area contributed by atoms with Gasteiger partial charge in [-0.1, -0.05) is 79.9 Å². The van der Waals surface area contributed by atoms with Crippen molar-refractivity contribution in [1.82, 2.24) is 20.5 Å². The Morgan fingerprint density at radius 3 is 2.86 bits per heavy atom. The van der Waals surface area contributed by atoms with Gasteiger partial charge >= 0.3 is 0 Å². The highest BCUT2D eigenvalue weighted by molar-refractivity contribution is 7.99. The molecule has 2 N–H and O–H groups in total. The molecule has 1 aromatic heterocycles. The maximum Gasteiger partial charge on any atom is 0.230 e. The molecule has 1 atom stereocenters. The molecule has 1 unspecified atom stereocenters. The predicted molar refractivity (Wildman–Crippen MR) is 118 cm³/mol. The van der Waals surface area contributed by atoms with Gasteiger partial charge in [0, 0.05) is 6.42 Å². The van der Waals surface area contributed by atoms with E-state index < -0.39 is 0 Å². The fourth-order valence-electron chi connectivity index (χ4n) is 4.21. The summed E-state index contributed by atoms with van der Waals surface area (Å²) in [6, 6.07) is 14.4. The first-order valence-electron chi connectivity index (χ1n) is 10.5. The van der Waals surface area contributed by atoms with E-state index in [1.165, 1.54) is 54.6 Å². The van der Waals surface area contributed by atoms with Crippen LogP contribution in [0.3, 0.4) is 0 Å². The maximum atomic E-state index is 12.4. The first-order chi connectivity index (χ1) is 14.2. The molecule has 1 aliphatic rings. The summed E-state index contributed by atoms with van der Waals surface area (Å²) in [5.41, 5.74) is 1.13. The van der Waals surface area contributed by atoms with Crippen molar-refractivity contribution in [2.24, 2.45) is 5.92 Å². The number of fused-ring (bicyclic) bond motifs is 1. The van der Waals surface area contributed by atoms with Crippen molar-refractivity contribution in [3.63, 3.8) is 0 Å². The average Bonchev–Trinajstić information content (AvgIpc) is 3.42. The zero-order chi connectivity index (χ0) is 20.1. The molecule has 1 aliphatic carbocycles. The van der Waals surface area contributed by atoms with Crippen LogP contribution in [0.4, 0.5) is 0 Å². The molecule has 0 saturated heterocycles. The van der Waals surface area contributed by atoms with Gasteiger partial charge in [-0.3, -0.25) is 9.89 Å². The van der Waals surface area contributed by atoms with Crippen LogP contribution < -0.4 is 5.32 Å². The van der Waals surface area contributed by atoms with Crippen LogP contribution in [0.2, 0.25) is 0 Å². The Balaban J connectivity index is 1.27. The number of amides is 1. The minimum atomic E-state index is -0.0525. The Morgan fingerprint density at radius 1 is 1.21 bits per heavy atom. The van der Waals surface area contributed by atoms with E-state index in [0.717, 1.165) is 23.7 Å². The van der Waals surface area contributed by atoms with Crippen molar-refractivity contribution in [3.05, 3.63) is 53.9 Å². The van der Waals surface area contributed by atoms with Gasteiger partial charge in [-0.15, -0.1) is 5.10 Å². The third kappa shape index (κ3) is 5.18. The van der Waals surface area contributed by atoms with Crippen molar-refractivity contribution < 1.29 is 4.79 Å². The number of rotatable bonds is 8. The zero-order valence-electron chi connectivity index (χ0n) is 16.9. The van der Waals surface area contributed by atoms with E-state index in [-0.39, 0.29) is 11.9 Å². The molecule has 2 aromatic carbocycles. The van der Waals surface area contributed by atoms with E-state index in [2.05, 4.69) is 44.8 Å². The summed E-state index contributed by atoms with van der Waals surface area (Å²) in [5, 5.41) is 13.4. The minimum Gasteiger partial charge on any atom is -0.349 e. The SMILES string of the molecule is CC(NC(=O)CSc1n[nH]c(CCC2CCCC2)n1)c1cccc2ccccc12. The summed E-state index contributed by atoms with van der Waals surface area (Å²) in [4.78, 5) is 17.0. The van der Waals surface area contributed by atoms with E-state index in [1.54, 1.807) is 0 Å². The van der Waals surface area contributed by atoms with Gasteiger partial charge in [-0.05, 0) is 35.6 Å². The monoisotopic (exact) mass is 408 g/mol. The van der Waals surface area contributed by atoms with Crippen molar-refractivity contribution in [1.29, 1.82) is 0 Å². The van der Waals surface area contributed by atoms with E-state index in [4.69, 9.17) is 0 Å². The Bertz CT molecular complexity index is 959. The molecule has 1 fully saturated rings. The largest absolute Gasteiger partial charge is 0.349 e. The fourth-order valence-corrected chi connectivity index (χ4v) is 4.84. The molecule has 6 heteroatoms. The third-order valence-electron chi connectivity index (χ3n) is 5.78. The molecule has 4 rings (SSSR count). The van der Waals surface area contributed by atoms with Crippen LogP contribution in [0, 0.1) is 5.92 Å². The molecule has 3 aromatic rings. The number of aromatic amines is 1. The maximum absolute atomic E-state index is 12.4. The number of benzene rings is 2. The number of carbonyl (C=O) groups excluding carboxylic acids is 1. The number of hydrogen-bond donors (Lipinski definition) is 2. The summed E-state index contributed by atoms with van der Waals surface area (Å²) in [5.74, 6) is 2.09. The molecular weight excluding hydrogens is 380 g/mol. The highest BCUT2D eigenvalue weighted by atomic mass is 32.2. The number of aromatic nitrogens is 3. The van der Waals surface area contributed by atoms with E-state index >= 15 is 0 Å². The molecule has 29 heavy (non-hydrogen) atoms. The van der Waals surface area contributed by atoms with E-state index in [1.807, 2.05) is 25.1 Å². The number of nitrogens with one attached hydrogen (secondary N) is 2. The lowest BCUT2D eigenvalue weighted by molar-refractivity contribution is -0.119. The minimum absolute atomic E-state index is 0.00672. The molecule has 5 nitrogen and oxygen atoms in total. The molecule has 1 amide bonds. The Labute approximate surface area is 176 Å². The quantitative estimate of drug-likeness (QED) is 0.512. The smallest absolute Gasteiger partial charge is 0.230 e. The van der Waals surface area contributed by atoms with E-state index in [9.17, 15) is 4.79 Å². The van der Waals surface area contributed by atoms with Crippen LogP contribution in [0.25, 0.3) is 10.8 Å². The van der Waals surface area contributed by atoms with Crippen LogP contribution in [0.5, 0.6) is 0 Å². The van der Waals surface area contributed by atoms with Crippen LogP contribution in [-0.4, -0.2) is 26.8 Å². The van der Waals surface area contributed by atoms with Gasteiger partial charge in [0.2, 0.25) is 11.1 Å². The van der Waals surface area contributed by atoms with Crippen molar-refractivity contribution in [2.45, 2.75) is 56.6 Å². The van der Waals surface area contributed by atoms with Gasteiger partial charge in [-0.25, -0.2) is 4.98 Å². The fraction of sp³-hybridized carbons (Fsp3) is 0.435. The molecule has 0 radical (unpaired) electrons. The number of hydrogen-bond acceptors (Lipinski definition) is 4. The topological polar surface area (TPSA) is 70.7 Å². The number of thioether (sulfide) groups is 1. The summed E-state index contributed by atoms with van der Waals surface area (Å²) in [6.45, 7) is 2.03. The van der Waals surface area contributed by atoms with Crippen molar-refractivity contribution in [2.75, 3.05) is 5.75 Å². The lowest BCUT2D eigenvalue weighted by Crippen LogP contribution is -2.28. The second kappa shape index (κ2) is 9.44. The second-order valence-corrected chi connectivity index (χ2v) is 8.84. The number of carbonyl (C=O) groups is 1. The lowest BCUT2D eigenvalue weighted by atomic mass is 10.00. The number of nitrogens with zero attached hydrogens (tertiary/aromatic N) is 2. The normalized spacial score (nSPS) is 15.6. The Hall–Kier alpha value is -2.34. The second-order valence-electron chi connectivity index (χ2n) is 7.90. The third-order valence-corrected chi connectivity index (χ3v) is 6.62. The summed E-state index contributed by atoms with van der Waals surface area (Å²) >= 11 is 1.38. The van der Waals surface area contributed by atoms with Crippen molar-refractivity contribution >= 4 is 28.4 Å². The highest BCUT2D eigenvalue weighted by Crippen LogP contribution is 2.28. The zero-order valence-corrected chi connectivity index (χ0v) is 17.7. The first kappa shape index (κ1) is 20.0. The molecule has 0 aliphatic heterocycles. The predicted octanol–water partition coefficient (Wildman–Crippen LogP) is 5.05. The molecule has 1 heterocycles. The number of H-pyrrole nitrogens is 1. The molecule has 0 bridgehead atoms. The lowest BCUT2D eigenvalue weighted by Gasteiger charge is -2.16. The Kier molecular flexibility index (Phi) is 6.49. The van der Waals surface area contributed by atoms with Gasteiger partial charge in [0.05, 0.1) is 11.8 Å². The highest BCUT2D eigenvalue weighted by Gasteiger charge is 2.16.